The summed E-state index contributed by atoms with van der Waals surface area (Å²) in [6.07, 6.45) is 2.87. The first-order chi connectivity index (χ1) is 9.38. The number of carbonyl (C=O) groups excluding carboxylic acids is 2. The second-order valence-corrected chi connectivity index (χ2v) is 5.48. The number of nitrogens with zero attached hydrogens (tertiary/aromatic N) is 2. The maximum Gasteiger partial charge on any atom is 0.307 e. The molecule has 0 heterocycles. The van der Waals surface area contributed by atoms with Gasteiger partial charge >= 0.3 is 5.97 Å². The van der Waals surface area contributed by atoms with E-state index in [0.29, 0.717) is 19.4 Å². The standard InChI is InChI=1S/C14H24N2O4/c1-4-16(9-12(17)15(2)3)13(18)10-7-5-6-8-11(10)14(19)20/h10-11H,4-9H2,1-3H3,(H,19,20)/t10-,11+/m1/s1. The van der Waals surface area contributed by atoms with Crippen LogP contribution in [0.3, 0.4) is 0 Å². The van der Waals surface area contributed by atoms with Crippen molar-refractivity contribution in [1.82, 2.24) is 9.80 Å². The minimum Gasteiger partial charge on any atom is -0.481 e. The fourth-order valence-corrected chi connectivity index (χ4v) is 2.61. The second kappa shape index (κ2) is 7.26. The molecule has 1 fully saturated rings. The van der Waals surface area contributed by atoms with Crippen LogP contribution in [0, 0.1) is 11.8 Å². The zero-order valence-corrected chi connectivity index (χ0v) is 12.5. The van der Waals surface area contributed by atoms with Crippen molar-refractivity contribution >= 4 is 17.8 Å². The molecule has 20 heavy (non-hydrogen) atoms. The lowest BCUT2D eigenvalue weighted by Crippen LogP contribution is -2.46. The smallest absolute Gasteiger partial charge is 0.307 e. The van der Waals surface area contributed by atoms with Crippen molar-refractivity contribution in [2.75, 3.05) is 27.2 Å². The molecule has 6 nitrogen and oxygen atoms in total. The fourth-order valence-electron chi connectivity index (χ4n) is 2.61. The van der Waals surface area contributed by atoms with Crippen molar-refractivity contribution in [1.29, 1.82) is 0 Å². The molecule has 2 amide bonds. The summed E-state index contributed by atoms with van der Waals surface area (Å²) >= 11 is 0. The molecule has 0 radical (unpaired) electrons. The quantitative estimate of drug-likeness (QED) is 0.810. The average Bonchev–Trinajstić information content (AvgIpc) is 2.43. The Hall–Kier alpha value is -1.59. The predicted molar refractivity (Wildman–Crippen MR) is 74.0 cm³/mol. The Morgan fingerprint density at radius 3 is 2.10 bits per heavy atom. The molecule has 2 atom stereocenters. The molecule has 1 N–H and O–H groups in total. The third-order valence-electron chi connectivity index (χ3n) is 3.92. The monoisotopic (exact) mass is 284 g/mol. The molecule has 0 aromatic heterocycles. The van der Waals surface area contributed by atoms with Crippen molar-refractivity contribution in [2.45, 2.75) is 32.6 Å². The number of amides is 2. The lowest BCUT2D eigenvalue weighted by molar-refractivity contribution is -0.153. The number of carboxylic acid groups (broad SMARTS) is 1. The van der Waals surface area contributed by atoms with Crippen LogP contribution in [0.1, 0.15) is 32.6 Å². The average molecular weight is 284 g/mol. The Labute approximate surface area is 119 Å². The summed E-state index contributed by atoms with van der Waals surface area (Å²) in [6.45, 7) is 2.24. The number of aliphatic carboxylic acids is 1. The summed E-state index contributed by atoms with van der Waals surface area (Å²) in [4.78, 5) is 38.4. The van der Waals surface area contributed by atoms with Gasteiger partial charge in [0.05, 0.1) is 18.4 Å². The van der Waals surface area contributed by atoms with E-state index in [4.69, 9.17) is 0 Å². The van der Waals surface area contributed by atoms with Crippen LogP contribution in [0.2, 0.25) is 0 Å². The maximum absolute atomic E-state index is 12.5. The normalized spacial score (nSPS) is 22.1. The Morgan fingerprint density at radius 2 is 1.65 bits per heavy atom. The molecule has 1 saturated carbocycles. The number of likely N-dealkylation sites (N-methyl/N-ethyl adjacent to an activating group) is 2. The zero-order valence-electron chi connectivity index (χ0n) is 12.5. The largest absolute Gasteiger partial charge is 0.481 e. The molecule has 1 aliphatic rings. The SMILES string of the molecule is CCN(CC(=O)N(C)C)C(=O)[C@@H]1CCCC[C@@H]1C(=O)O. The fraction of sp³-hybridized carbons (Fsp3) is 0.786. The van der Waals surface area contributed by atoms with Crippen molar-refractivity contribution in [3.63, 3.8) is 0 Å². The molecule has 0 aromatic carbocycles. The first kappa shape index (κ1) is 16.5. The van der Waals surface area contributed by atoms with Crippen LogP contribution < -0.4 is 0 Å². The van der Waals surface area contributed by atoms with Crippen LogP contribution in [0.4, 0.5) is 0 Å². The molecule has 6 heteroatoms. The minimum absolute atomic E-state index is 0.0190. The molecule has 0 aromatic rings. The van der Waals surface area contributed by atoms with Crippen LogP contribution in [-0.2, 0) is 14.4 Å². The van der Waals surface area contributed by atoms with E-state index in [0.717, 1.165) is 12.8 Å². The van der Waals surface area contributed by atoms with Crippen molar-refractivity contribution in [3.8, 4) is 0 Å². The van der Waals surface area contributed by atoms with Gasteiger partial charge in [-0.15, -0.1) is 0 Å². The van der Waals surface area contributed by atoms with E-state index in [2.05, 4.69) is 0 Å². The van der Waals surface area contributed by atoms with E-state index < -0.39 is 17.8 Å². The van der Waals surface area contributed by atoms with Crippen LogP contribution >= 0.6 is 0 Å². The molecule has 0 saturated heterocycles. The number of hydrogen-bond acceptors (Lipinski definition) is 3. The molecule has 114 valence electrons. The molecular formula is C14H24N2O4. The predicted octanol–water partition coefficient (Wildman–Crippen LogP) is 0.814. The van der Waals surface area contributed by atoms with Gasteiger partial charge in [-0.1, -0.05) is 12.8 Å². The second-order valence-electron chi connectivity index (χ2n) is 5.48. The van der Waals surface area contributed by atoms with Crippen molar-refractivity contribution in [2.24, 2.45) is 11.8 Å². The van der Waals surface area contributed by atoms with E-state index in [1.807, 2.05) is 0 Å². The van der Waals surface area contributed by atoms with Crippen molar-refractivity contribution in [3.05, 3.63) is 0 Å². The zero-order chi connectivity index (χ0) is 15.3. The van der Waals surface area contributed by atoms with Gasteiger partial charge in [-0.25, -0.2) is 0 Å². The Morgan fingerprint density at radius 1 is 1.10 bits per heavy atom. The Kier molecular flexibility index (Phi) is 5.98. The van der Waals surface area contributed by atoms with Gasteiger partial charge in [-0.05, 0) is 19.8 Å². The third kappa shape index (κ3) is 3.95. The molecule has 0 spiro atoms. The highest BCUT2D eigenvalue weighted by molar-refractivity contribution is 5.88. The highest BCUT2D eigenvalue weighted by Crippen LogP contribution is 2.31. The van der Waals surface area contributed by atoms with E-state index in [1.165, 1.54) is 9.80 Å². The highest BCUT2D eigenvalue weighted by atomic mass is 16.4. The van der Waals surface area contributed by atoms with Gasteiger partial charge in [0.25, 0.3) is 0 Å². The summed E-state index contributed by atoms with van der Waals surface area (Å²) in [5.41, 5.74) is 0. The van der Waals surface area contributed by atoms with Crippen molar-refractivity contribution < 1.29 is 19.5 Å². The van der Waals surface area contributed by atoms with Gasteiger partial charge in [0, 0.05) is 20.6 Å². The molecule has 0 aliphatic heterocycles. The van der Waals surface area contributed by atoms with Crippen LogP contribution in [0.5, 0.6) is 0 Å². The molecule has 1 rings (SSSR count). The van der Waals surface area contributed by atoms with Gasteiger partial charge < -0.3 is 14.9 Å². The molecule has 1 aliphatic carbocycles. The summed E-state index contributed by atoms with van der Waals surface area (Å²) in [7, 11) is 3.28. The Bertz CT molecular complexity index is 381. The number of rotatable bonds is 5. The molecule has 0 bridgehead atoms. The summed E-state index contributed by atoms with van der Waals surface area (Å²) < 4.78 is 0. The van der Waals surface area contributed by atoms with E-state index in [1.54, 1.807) is 21.0 Å². The minimum atomic E-state index is -0.905. The lowest BCUT2D eigenvalue weighted by Gasteiger charge is -2.32. The van der Waals surface area contributed by atoms with Gasteiger partial charge in [-0.2, -0.15) is 0 Å². The van der Waals surface area contributed by atoms with Crippen LogP contribution in [0.15, 0.2) is 0 Å². The number of carboxylic acids is 1. The van der Waals surface area contributed by atoms with Crippen LogP contribution in [0.25, 0.3) is 0 Å². The van der Waals surface area contributed by atoms with E-state index in [-0.39, 0.29) is 18.4 Å². The summed E-state index contributed by atoms with van der Waals surface area (Å²) in [6, 6.07) is 0. The van der Waals surface area contributed by atoms with Gasteiger partial charge in [0.2, 0.25) is 11.8 Å². The molecule has 0 unspecified atom stereocenters. The Balaban J connectivity index is 2.78. The summed E-state index contributed by atoms with van der Waals surface area (Å²) in [5, 5.41) is 9.24. The van der Waals surface area contributed by atoms with Gasteiger partial charge in [0.1, 0.15) is 0 Å². The van der Waals surface area contributed by atoms with Crippen LogP contribution in [-0.4, -0.2) is 59.9 Å². The first-order valence-corrected chi connectivity index (χ1v) is 7.10. The van der Waals surface area contributed by atoms with E-state index in [9.17, 15) is 19.5 Å². The third-order valence-corrected chi connectivity index (χ3v) is 3.92. The number of carbonyl (C=O) groups is 3. The number of hydrogen-bond donors (Lipinski definition) is 1. The molecular weight excluding hydrogens is 260 g/mol. The van der Waals surface area contributed by atoms with Gasteiger partial charge in [-0.3, -0.25) is 14.4 Å². The lowest BCUT2D eigenvalue weighted by atomic mass is 9.78. The topological polar surface area (TPSA) is 77.9 Å². The highest BCUT2D eigenvalue weighted by Gasteiger charge is 2.37. The summed E-state index contributed by atoms with van der Waals surface area (Å²) in [5.74, 6) is -2.35. The van der Waals surface area contributed by atoms with Gasteiger partial charge in [0.15, 0.2) is 0 Å². The first-order valence-electron chi connectivity index (χ1n) is 7.10. The maximum atomic E-state index is 12.5. The van der Waals surface area contributed by atoms with E-state index >= 15 is 0 Å².